The molecule has 0 aliphatic heterocycles. The van der Waals surface area contributed by atoms with Crippen LogP contribution in [0.3, 0.4) is 0 Å². The van der Waals surface area contributed by atoms with Crippen LogP contribution in [0.1, 0.15) is 16.8 Å². The van der Waals surface area contributed by atoms with Gasteiger partial charge >= 0.3 is 0 Å². The molecule has 0 fully saturated rings. The van der Waals surface area contributed by atoms with Crippen molar-refractivity contribution in [1.82, 2.24) is 9.38 Å². The lowest BCUT2D eigenvalue weighted by Gasteiger charge is -1.99. The number of imidazole rings is 1. The zero-order valence-corrected chi connectivity index (χ0v) is 7.78. The number of aryl methyl sites for hydroxylation is 2. The molecule has 0 aliphatic carbocycles. The molecular formula is C10H12N2O. The van der Waals surface area contributed by atoms with Crippen molar-refractivity contribution in [3.63, 3.8) is 0 Å². The molecule has 0 radical (unpaired) electrons. The molecule has 3 heteroatoms. The molecule has 68 valence electrons. The lowest BCUT2D eigenvalue weighted by Crippen LogP contribution is -1.87. The third-order valence-electron chi connectivity index (χ3n) is 2.27. The summed E-state index contributed by atoms with van der Waals surface area (Å²) in [6, 6.07) is 2.02. The molecular weight excluding hydrogens is 164 g/mol. The number of aliphatic hydroxyl groups excluding tert-OH is 1. The van der Waals surface area contributed by atoms with Crippen molar-refractivity contribution in [2.24, 2.45) is 0 Å². The van der Waals surface area contributed by atoms with Gasteiger partial charge in [0.15, 0.2) is 0 Å². The van der Waals surface area contributed by atoms with Crippen LogP contribution >= 0.6 is 0 Å². The summed E-state index contributed by atoms with van der Waals surface area (Å²) in [5.74, 6) is 0. The normalized spacial score (nSPS) is 11.0. The topological polar surface area (TPSA) is 37.5 Å². The average molecular weight is 176 g/mol. The van der Waals surface area contributed by atoms with E-state index in [1.54, 1.807) is 0 Å². The highest BCUT2D eigenvalue weighted by Gasteiger charge is 2.01. The maximum absolute atomic E-state index is 8.90. The number of aromatic nitrogens is 2. The van der Waals surface area contributed by atoms with E-state index in [0.717, 1.165) is 5.65 Å². The van der Waals surface area contributed by atoms with E-state index in [1.807, 2.05) is 22.9 Å². The molecule has 3 nitrogen and oxygen atoms in total. The van der Waals surface area contributed by atoms with Crippen LogP contribution in [0.4, 0.5) is 0 Å². The van der Waals surface area contributed by atoms with Crippen LogP contribution in [-0.2, 0) is 6.61 Å². The third-order valence-corrected chi connectivity index (χ3v) is 2.27. The fraction of sp³-hybridized carbons (Fsp3) is 0.300. The molecule has 2 rings (SSSR count). The fourth-order valence-electron chi connectivity index (χ4n) is 1.36. The zero-order chi connectivity index (χ0) is 9.42. The van der Waals surface area contributed by atoms with Crippen LogP contribution < -0.4 is 0 Å². The Kier molecular flexibility index (Phi) is 1.81. The lowest BCUT2D eigenvalue weighted by atomic mass is 10.2. The van der Waals surface area contributed by atoms with E-state index in [4.69, 9.17) is 5.11 Å². The SMILES string of the molecule is Cc1cc2nc(CO)cn2cc1C. The molecule has 0 atom stereocenters. The summed E-state index contributed by atoms with van der Waals surface area (Å²) < 4.78 is 1.94. The summed E-state index contributed by atoms with van der Waals surface area (Å²) >= 11 is 0. The first-order chi connectivity index (χ1) is 6.20. The maximum Gasteiger partial charge on any atom is 0.137 e. The summed E-state index contributed by atoms with van der Waals surface area (Å²) in [5.41, 5.74) is 4.06. The predicted molar refractivity (Wildman–Crippen MR) is 50.6 cm³/mol. The number of hydrogen-bond donors (Lipinski definition) is 1. The average Bonchev–Trinajstić information content (AvgIpc) is 2.48. The second kappa shape index (κ2) is 2.85. The van der Waals surface area contributed by atoms with Gasteiger partial charge in [0.1, 0.15) is 5.65 Å². The fourth-order valence-corrected chi connectivity index (χ4v) is 1.36. The zero-order valence-electron chi connectivity index (χ0n) is 7.78. The molecule has 0 saturated carbocycles. The third kappa shape index (κ3) is 1.31. The van der Waals surface area contributed by atoms with Gasteiger partial charge in [-0.25, -0.2) is 4.98 Å². The Morgan fingerprint density at radius 3 is 2.77 bits per heavy atom. The van der Waals surface area contributed by atoms with Crippen molar-refractivity contribution < 1.29 is 5.11 Å². The van der Waals surface area contributed by atoms with Crippen LogP contribution in [0.2, 0.25) is 0 Å². The summed E-state index contributed by atoms with van der Waals surface area (Å²) in [7, 11) is 0. The van der Waals surface area contributed by atoms with Gasteiger partial charge in [-0.15, -0.1) is 0 Å². The van der Waals surface area contributed by atoms with Gasteiger partial charge in [-0.3, -0.25) is 0 Å². The minimum Gasteiger partial charge on any atom is -0.390 e. The molecule has 0 aromatic carbocycles. The first kappa shape index (κ1) is 8.26. The Hall–Kier alpha value is -1.35. The molecule has 0 amide bonds. The van der Waals surface area contributed by atoms with Crippen molar-refractivity contribution >= 4 is 5.65 Å². The van der Waals surface area contributed by atoms with E-state index in [0.29, 0.717) is 5.69 Å². The number of rotatable bonds is 1. The van der Waals surface area contributed by atoms with Crippen LogP contribution in [-0.4, -0.2) is 14.5 Å². The smallest absolute Gasteiger partial charge is 0.137 e. The Morgan fingerprint density at radius 1 is 1.31 bits per heavy atom. The quantitative estimate of drug-likeness (QED) is 0.714. The Labute approximate surface area is 76.7 Å². The van der Waals surface area contributed by atoms with Gasteiger partial charge in [0.05, 0.1) is 12.3 Å². The molecule has 0 unspecified atom stereocenters. The first-order valence-electron chi connectivity index (χ1n) is 4.26. The van der Waals surface area contributed by atoms with Crippen LogP contribution in [0.15, 0.2) is 18.5 Å². The molecule has 2 aromatic rings. The number of pyridine rings is 1. The van der Waals surface area contributed by atoms with Crippen molar-refractivity contribution in [3.05, 3.63) is 35.3 Å². The van der Waals surface area contributed by atoms with Gasteiger partial charge in [-0.05, 0) is 31.0 Å². The van der Waals surface area contributed by atoms with Gasteiger partial charge in [-0.1, -0.05) is 0 Å². The van der Waals surface area contributed by atoms with E-state index < -0.39 is 0 Å². The highest BCUT2D eigenvalue weighted by molar-refractivity contribution is 5.45. The highest BCUT2D eigenvalue weighted by Crippen LogP contribution is 2.11. The standard InChI is InChI=1S/C10H12N2O/c1-7-3-10-11-9(6-13)5-12(10)4-8(7)2/h3-5,13H,6H2,1-2H3. The monoisotopic (exact) mass is 176 g/mol. The van der Waals surface area contributed by atoms with Crippen LogP contribution in [0.5, 0.6) is 0 Å². The minimum atomic E-state index is -0.000223. The molecule has 0 spiro atoms. The van der Waals surface area contributed by atoms with Gasteiger partial charge in [0.25, 0.3) is 0 Å². The van der Waals surface area contributed by atoms with Crippen LogP contribution in [0.25, 0.3) is 5.65 Å². The molecule has 0 saturated heterocycles. The van der Waals surface area contributed by atoms with Gasteiger partial charge in [0.2, 0.25) is 0 Å². The molecule has 2 aromatic heterocycles. The van der Waals surface area contributed by atoms with E-state index in [9.17, 15) is 0 Å². The van der Waals surface area contributed by atoms with E-state index >= 15 is 0 Å². The minimum absolute atomic E-state index is 0.000223. The molecule has 1 N–H and O–H groups in total. The van der Waals surface area contributed by atoms with Crippen molar-refractivity contribution in [2.75, 3.05) is 0 Å². The van der Waals surface area contributed by atoms with Crippen LogP contribution in [0, 0.1) is 13.8 Å². The highest BCUT2D eigenvalue weighted by atomic mass is 16.3. The van der Waals surface area contributed by atoms with Gasteiger partial charge in [-0.2, -0.15) is 0 Å². The summed E-state index contributed by atoms with van der Waals surface area (Å²) in [4.78, 5) is 4.25. The predicted octanol–water partition coefficient (Wildman–Crippen LogP) is 1.44. The van der Waals surface area contributed by atoms with Crippen molar-refractivity contribution in [2.45, 2.75) is 20.5 Å². The second-order valence-electron chi connectivity index (χ2n) is 3.30. The van der Waals surface area contributed by atoms with Gasteiger partial charge < -0.3 is 9.51 Å². The van der Waals surface area contributed by atoms with Gasteiger partial charge in [0, 0.05) is 12.4 Å². The Balaban J connectivity index is 2.70. The number of aliphatic hydroxyl groups is 1. The number of fused-ring (bicyclic) bond motifs is 1. The Bertz CT molecular complexity index is 406. The van der Waals surface area contributed by atoms with Crippen molar-refractivity contribution in [3.8, 4) is 0 Å². The summed E-state index contributed by atoms with van der Waals surface area (Å²) in [6.45, 7) is 4.12. The Morgan fingerprint density at radius 2 is 2.08 bits per heavy atom. The van der Waals surface area contributed by atoms with E-state index in [1.165, 1.54) is 11.1 Å². The maximum atomic E-state index is 8.90. The van der Waals surface area contributed by atoms with E-state index in [-0.39, 0.29) is 6.61 Å². The number of hydrogen-bond acceptors (Lipinski definition) is 2. The molecule has 0 aliphatic rings. The first-order valence-corrected chi connectivity index (χ1v) is 4.26. The molecule has 2 heterocycles. The summed E-state index contributed by atoms with van der Waals surface area (Å²) in [5, 5.41) is 8.90. The molecule has 13 heavy (non-hydrogen) atoms. The molecule has 0 bridgehead atoms. The van der Waals surface area contributed by atoms with E-state index in [2.05, 4.69) is 18.8 Å². The lowest BCUT2D eigenvalue weighted by molar-refractivity contribution is 0.277. The van der Waals surface area contributed by atoms with Crippen molar-refractivity contribution in [1.29, 1.82) is 0 Å². The largest absolute Gasteiger partial charge is 0.390 e. The summed E-state index contributed by atoms with van der Waals surface area (Å²) in [6.07, 6.45) is 3.87. The second-order valence-corrected chi connectivity index (χ2v) is 3.30. The number of nitrogens with zero attached hydrogens (tertiary/aromatic N) is 2.